The van der Waals surface area contributed by atoms with Gasteiger partial charge in [-0.2, -0.15) is 0 Å². The van der Waals surface area contributed by atoms with Crippen LogP contribution in [-0.2, 0) is 4.57 Å². The lowest BCUT2D eigenvalue weighted by Gasteiger charge is -2.15. The maximum Gasteiger partial charge on any atom is 0.459 e. The molecule has 0 saturated carbocycles. The minimum Gasteiger partial charge on any atom is -0.496 e. The molecule has 7 heteroatoms. The summed E-state index contributed by atoms with van der Waals surface area (Å²) in [6.07, 6.45) is 0. The van der Waals surface area contributed by atoms with Crippen molar-refractivity contribution in [1.29, 1.82) is 0 Å². The first-order chi connectivity index (χ1) is 16.2. The van der Waals surface area contributed by atoms with E-state index < -0.39 is 13.3 Å². The zero-order valence-corrected chi connectivity index (χ0v) is 21.3. The molecule has 0 aliphatic carbocycles. The van der Waals surface area contributed by atoms with Crippen LogP contribution in [0, 0.1) is 27.7 Å². The Bertz CT molecular complexity index is 1270. The third-order valence-electron chi connectivity index (χ3n) is 6.16. The molecule has 0 aromatic heterocycles. The maximum atomic E-state index is 13.8. The molecule has 1 unspecified atom stereocenters. The van der Waals surface area contributed by atoms with Crippen LogP contribution in [0.2, 0.25) is 0 Å². The van der Waals surface area contributed by atoms with Crippen molar-refractivity contribution in [2.45, 2.75) is 27.7 Å². The molecule has 176 valence electrons. The standard InChI is InChI=1S/C27H28O6P/c1-15-16(2)23(25(28)19-11-9-8-10-12-19)18(4)26(17(15)3)34(30)27(29)24-21(32-6)13-20(31-5)14-22(24)33-7/h8-14H,1-7H3/q+1. The maximum absolute atomic E-state index is 13.8. The van der Waals surface area contributed by atoms with Gasteiger partial charge in [0.25, 0.3) is 0 Å². The first-order valence-corrected chi connectivity index (χ1v) is 12.0. The third-order valence-corrected chi connectivity index (χ3v) is 7.83. The molecule has 0 heterocycles. The van der Waals surface area contributed by atoms with Gasteiger partial charge in [-0.05, 0) is 38.8 Å². The van der Waals surface area contributed by atoms with Crippen molar-refractivity contribution < 1.29 is 28.4 Å². The van der Waals surface area contributed by atoms with E-state index in [1.807, 2.05) is 26.8 Å². The van der Waals surface area contributed by atoms with Gasteiger partial charge in [0.05, 0.1) is 21.3 Å². The molecule has 3 aromatic carbocycles. The number of carbonyl (C=O) groups excluding carboxylic acids is 2. The van der Waals surface area contributed by atoms with Crippen LogP contribution in [0.5, 0.6) is 17.2 Å². The Labute approximate surface area is 200 Å². The highest BCUT2D eigenvalue weighted by atomic mass is 31.1. The smallest absolute Gasteiger partial charge is 0.459 e. The van der Waals surface area contributed by atoms with E-state index >= 15 is 0 Å². The van der Waals surface area contributed by atoms with Gasteiger partial charge in [0.2, 0.25) is 5.30 Å². The largest absolute Gasteiger partial charge is 0.496 e. The Morgan fingerprint density at radius 3 is 1.76 bits per heavy atom. The van der Waals surface area contributed by atoms with Crippen molar-refractivity contribution in [1.82, 2.24) is 0 Å². The molecule has 0 aliphatic heterocycles. The van der Waals surface area contributed by atoms with Gasteiger partial charge in [0.15, 0.2) is 11.3 Å². The summed E-state index contributed by atoms with van der Waals surface area (Å²) in [4.78, 5) is 27.0. The molecule has 0 radical (unpaired) electrons. The monoisotopic (exact) mass is 479 g/mol. The van der Waals surface area contributed by atoms with Gasteiger partial charge in [0, 0.05) is 34.4 Å². The average molecular weight is 479 g/mol. The van der Waals surface area contributed by atoms with E-state index in [0.717, 1.165) is 16.7 Å². The Morgan fingerprint density at radius 2 is 1.26 bits per heavy atom. The highest BCUT2D eigenvalue weighted by Crippen LogP contribution is 2.42. The molecule has 0 N–H and O–H groups in total. The van der Waals surface area contributed by atoms with Gasteiger partial charge in [-0.3, -0.25) is 4.79 Å². The minimum atomic E-state index is -2.59. The van der Waals surface area contributed by atoms with Crippen molar-refractivity contribution in [3.05, 3.63) is 81.4 Å². The fourth-order valence-electron chi connectivity index (χ4n) is 4.13. The van der Waals surface area contributed by atoms with Crippen molar-refractivity contribution in [3.63, 3.8) is 0 Å². The number of hydrogen-bond acceptors (Lipinski definition) is 6. The number of benzene rings is 3. The van der Waals surface area contributed by atoms with Crippen molar-refractivity contribution in [2.75, 3.05) is 21.3 Å². The summed E-state index contributed by atoms with van der Waals surface area (Å²) in [5.74, 6) is 0.665. The fourth-order valence-corrected chi connectivity index (χ4v) is 5.64. The second kappa shape index (κ2) is 10.2. The van der Waals surface area contributed by atoms with Crippen LogP contribution in [0.25, 0.3) is 0 Å². The lowest BCUT2D eigenvalue weighted by atomic mass is 9.89. The van der Waals surface area contributed by atoms with E-state index in [1.165, 1.54) is 21.3 Å². The zero-order valence-electron chi connectivity index (χ0n) is 20.4. The molecule has 0 spiro atoms. The number of carbonyl (C=O) groups is 2. The Kier molecular flexibility index (Phi) is 7.53. The molecule has 1 atom stereocenters. The zero-order chi connectivity index (χ0) is 25.2. The predicted octanol–water partition coefficient (Wildman–Crippen LogP) is 5.47. The molecule has 3 rings (SSSR count). The van der Waals surface area contributed by atoms with E-state index in [1.54, 1.807) is 43.3 Å². The molecule has 0 saturated heterocycles. The number of hydrogen-bond donors (Lipinski definition) is 0. The minimum absolute atomic E-state index is 0.0693. The van der Waals surface area contributed by atoms with Crippen LogP contribution < -0.4 is 19.5 Å². The first-order valence-electron chi connectivity index (χ1n) is 10.7. The Balaban J connectivity index is 2.22. The van der Waals surface area contributed by atoms with Gasteiger partial charge >= 0.3 is 13.3 Å². The average Bonchev–Trinajstić information content (AvgIpc) is 2.86. The molecular weight excluding hydrogens is 451 g/mol. The van der Waals surface area contributed by atoms with E-state index in [-0.39, 0.29) is 22.8 Å². The van der Waals surface area contributed by atoms with E-state index in [2.05, 4.69) is 0 Å². The highest BCUT2D eigenvalue weighted by molar-refractivity contribution is 7.71. The van der Waals surface area contributed by atoms with Gasteiger partial charge in [0.1, 0.15) is 17.2 Å². The quantitative estimate of drug-likeness (QED) is 0.315. The summed E-state index contributed by atoms with van der Waals surface area (Å²) in [6.45, 7) is 7.32. The number of ketones is 1. The highest BCUT2D eigenvalue weighted by Gasteiger charge is 2.42. The van der Waals surface area contributed by atoms with Crippen LogP contribution in [0.4, 0.5) is 0 Å². The summed E-state index contributed by atoms with van der Waals surface area (Å²) in [6, 6.07) is 12.0. The number of rotatable bonds is 8. The first kappa shape index (κ1) is 25.1. The second-order valence-corrected chi connectivity index (χ2v) is 9.37. The predicted molar refractivity (Wildman–Crippen MR) is 133 cm³/mol. The van der Waals surface area contributed by atoms with Crippen LogP contribution in [0.3, 0.4) is 0 Å². The van der Waals surface area contributed by atoms with E-state index in [9.17, 15) is 14.2 Å². The molecule has 0 fully saturated rings. The summed E-state index contributed by atoms with van der Waals surface area (Å²) in [5, 5.41) is 0.363. The summed E-state index contributed by atoms with van der Waals surface area (Å²) >= 11 is 0. The number of ether oxygens (including phenoxy) is 3. The molecule has 0 aliphatic rings. The van der Waals surface area contributed by atoms with E-state index in [0.29, 0.717) is 27.7 Å². The molecular formula is C27H28O6P+. The molecule has 0 amide bonds. The third kappa shape index (κ3) is 4.34. The topological polar surface area (TPSA) is 78.9 Å². The molecule has 34 heavy (non-hydrogen) atoms. The van der Waals surface area contributed by atoms with Crippen LogP contribution in [0.15, 0.2) is 42.5 Å². The van der Waals surface area contributed by atoms with Crippen molar-refractivity contribution >= 4 is 24.4 Å². The van der Waals surface area contributed by atoms with Crippen LogP contribution in [-0.4, -0.2) is 32.6 Å². The van der Waals surface area contributed by atoms with Gasteiger partial charge in [-0.15, -0.1) is 0 Å². The van der Waals surface area contributed by atoms with Crippen molar-refractivity contribution in [2.24, 2.45) is 0 Å². The lowest BCUT2D eigenvalue weighted by molar-refractivity contribution is 0.103. The fraction of sp³-hybridized carbons (Fsp3) is 0.259. The summed E-state index contributed by atoms with van der Waals surface area (Å²) in [5.41, 5.74) is 3.32. The Hall–Kier alpha value is -3.50. The van der Waals surface area contributed by atoms with Gasteiger partial charge in [-0.25, -0.2) is 4.79 Å². The van der Waals surface area contributed by atoms with Crippen LogP contribution in [0.1, 0.15) is 48.5 Å². The number of methoxy groups -OCH3 is 3. The normalized spacial score (nSPS) is 11.1. The van der Waals surface area contributed by atoms with Gasteiger partial charge in [-0.1, -0.05) is 34.9 Å². The SMILES string of the molecule is COc1cc(OC)c(C(=O)[P+](=O)c2c(C)c(C)c(C)c(C(=O)c3ccccc3)c2C)c(OC)c1. The van der Waals surface area contributed by atoms with Crippen LogP contribution >= 0.6 is 7.80 Å². The molecule has 3 aromatic rings. The van der Waals surface area contributed by atoms with E-state index in [4.69, 9.17) is 14.2 Å². The van der Waals surface area contributed by atoms with Gasteiger partial charge < -0.3 is 14.2 Å². The summed E-state index contributed by atoms with van der Waals surface area (Å²) in [7, 11) is 1.73. The lowest BCUT2D eigenvalue weighted by Crippen LogP contribution is -2.20. The molecule has 0 bridgehead atoms. The molecule has 6 nitrogen and oxygen atoms in total. The second-order valence-electron chi connectivity index (χ2n) is 7.93. The van der Waals surface area contributed by atoms with Crippen molar-refractivity contribution in [3.8, 4) is 17.2 Å². The Morgan fingerprint density at radius 1 is 0.706 bits per heavy atom. The summed E-state index contributed by atoms with van der Waals surface area (Å²) < 4.78 is 29.8.